The number of amides is 2. The lowest BCUT2D eigenvalue weighted by Crippen LogP contribution is -2.34. The van der Waals surface area contributed by atoms with Crippen LogP contribution in [0.25, 0.3) is 0 Å². The number of aryl methyl sites for hydroxylation is 1. The van der Waals surface area contributed by atoms with Crippen LogP contribution in [-0.2, 0) is 4.79 Å². The molecule has 2 aromatic rings. The van der Waals surface area contributed by atoms with Gasteiger partial charge in [-0.05, 0) is 51.1 Å². The van der Waals surface area contributed by atoms with Crippen LogP contribution < -0.4 is 10.1 Å². The van der Waals surface area contributed by atoms with Crippen LogP contribution in [0.5, 0.6) is 5.75 Å². The fourth-order valence-corrected chi connectivity index (χ4v) is 2.73. The number of benzene rings is 2. The molecule has 0 aromatic heterocycles. The van der Waals surface area contributed by atoms with Gasteiger partial charge in [-0.1, -0.05) is 29.3 Å². The van der Waals surface area contributed by atoms with E-state index in [9.17, 15) is 9.59 Å². The van der Waals surface area contributed by atoms with Crippen LogP contribution >= 0.6 is 11.6 Å². The lowest BCUT2D eigenvalue weighted by molar-refractivity contribution is -0.132. The molecule has 138 valence electrons. The molecule has 0 aliphatic carbocycles. The Morgan fingerprint density at radius 2 is 1.85 bits per heavy atom. The number of nitrogens with one attached hydrogen (secondary N) is 1. The van der Waals surface area contributed by atoms with Crippen LogP contribution in [0.2, 0.25) is 5.02 Å². The van der Waals surface area contributed by atoms with Crippen molar-refractivity contribution in [1.82, 2.24) is 4.90 Å². The number of hydrogen-bond donors (Lipinski definition) is 1. The summed E-state index contributed by atoms with van der Waals surface area (Å²) in [6.45, 7) is 6.96. The number of rotatable bonds is 7. The van der Waals surface area contributed by atoms with E-state index in [1.807, 2.05) is 39.0 Å². The fourth-order valence-electron chi connectivity index (χ4n) is 2.49. The number of halogens is 1. The molecular formula is C20H23ClN2O3. The molecule has 0 aliphatic heterocycles. The molecule has 6 heteroatoms. The van der Waals surface area contributed by atoms with Gasteiger partial charge in [0.25, 0.3) is 11.8 Å². The van der Waals surface area contributed by atoms with Crippen molar-refractivity contribution in [3.8, 4) is 5.75 Å². The minimum absolute atomic E-state index is 0.0730. The zero-order chi connectivity index (χ0) is 19.1. The topological polar surface area (TPSA) is 58.6 Å². The number of carbonyl (C=O) groups is 2. The Bertz CT molecular complexity index is 788. The number of anilines is 1. The van der Waals surface area contributed by atoms with E-state index in [-0.39, 0.29) is 18.4 Å². The van der Waals surface area contributed by atoms with Crippen LogP contribution in [0, 0.1) is 6.92 Å². The molecule has 26 heavy (non-hydrogen) atoms. The van der Waals surface area contributed by atoms with Gasteiger partial charge in [-0.15, -0.1) is 0 Å². The first-order chi connectivity index (χ1) is 12.4. The summed E-state index contributed by atoms with van der Waals surface area (Å²) in [5, 5.41) is 3.13. The first-order valence-corrected chi connectivity index (χ1v) is 8.90. The van der Waals surface area contributed by atoms with Gasteiger partial charge in [-0.2, -0.15) is 0 Å². The third-order valence-electron chi connectivity index (χ3n) is 3.94. The molecule has 2 aromatic carbocycles. The third-order valence-corrected chi connectivity index (χ3v) is 4.23. The van der Waals surface area contributed by atoms with E-state index in [0.29, 0.717) is 35.1 Å². The molecule has 2 amide bonds. The summed E-state index contributed by atoms with van der Waals surface area (Å²) >= 11 is 6.21. The molecule has 5 nitrogen and oxygen atoms in total. The van der Waals surface area contributed by atoms with Crippen LogP contribution in [0.15, 0.2) is 42.5 Å². The quantitative estimate of drug-likeness (QED) is 0.792. The summed E-state index contributed by atoms with van der Waals surface area (Å²) in [6.07, 6.45) is 0. The zero-order valence-electron chi connectivity index (χ0n) is 15.2. The van der Waals surface area contributed by atoms with Crippen molar-refractivity contribution in [2.75, 3.05) is 25.0 Å². The fraction of sp³-hybridized carbons (Fsp3) is 0.300. The Labute approximate surface area is 158 Å². The van der Waals surface area contributed by atoms with E-state index in [1.165, 1.54) is 0 Å². The normalized spacial score (nSPS) is 10.3. The second-order valence-corrected chi connectivity index (χ2v) is 6.23. The predicted molar refractivity (Wildman–Crippen MR) is 104 cm³/mol. The van der Waals surface area contributed by atoms with Crippen molar-refractivity contribution >= 4 is 29.1 Å². The highest BCUT2D eigenvalue weighted by atomic mass is 35.5. The highest BCUT2D eigenvalue weighted by molar-refractivity contribution is 6.32. The maximum absolute atomic E-state index is 12.3. The average Bonchev–Trinajstić information content (AvgIpc) is 2.62. The van der Waals surface area contributed by atoms with Crippen LogP contribution in [-0.4, -0.2) is 36.4 Å². The first kappa shape index (κ1) is 19.8. The van der Waals surface area contributed by atoms with Gasteiger partial charge in [0.05, 0.1) is 5.02 Å². The standard InChI is InChI=1S/C20H23ClN2O3/c1-4-23(5-2)19(24)13-26-18-10-9-16(12-17(18)21)22-20(25)15-8-6-7-14(3)11-15/h6-12H,4-5,13H2,1-3H3,(H,22,25). The van der Waals surface area contributed by atoms with Crippen molar-refractivity contribution in [3.63, 3.8) is 0 Å². The van der Waals surface area contributed by atoms with Gasteiger partial charge in [0, 0.05) is 24.3 Å². The Hall–Kier alpha value is -2.53. The van der Waals surface area contributed by atoms with Gasteiger partial charge in [-0.3, -0.25) is 9.59 Å². The summed E-state index contributed by atoms with van der Waals surface area (Å²) in [7, 11) is 0. The molecule has 0 saturated heterocycles. The van der Waals surface area contributed by atoms with Crippen LogP contribution in [0.4, 0.5) is 5.69 Å². The van der Waals surface area contributed by atoms with E-state index >= 15 is 0 Å². The maximum Gasteiger partial charge on any atom is 0.260 e. The molecule has 0 bridgehead atoms. The van der Waals surface area contributed by atoms with Crippen LogP contribution in [0.3, 0.4) is 0 Å². The molecule has 1 N–H and O–H groups in total. The predicted octanol–water partition coefficient (Wildman–Crippen LogP) is 4.15. The highest BCUT2D eigenvalue weighted by Gasteiger charge is 2.12. The van der Waals surface area contributed by atoms with E-state index in [2.05, 4.69) is 5.32 Å². The second kappa shape index (κ2) is 9.25. The zero-order valence-corrected chi connectivity index (χ0v) is 16.0. The minimum atomic E-state index is -0.213. The summed E-state index contributed by atoms with van der Waals surface area (Å²) in [6, 6.07) is 12.3. The molecule has 0 fully saturated rings. The SMILES string of the molecule is CCN(CC)C(=O)COc1ccc(NC(=O)c2cccc(C)c2)cc1Cl. The van der Waals surface area contributed by atoms with E-state index in [1.54, 1.807) is 29.2 Å². The van der Waals surface area contributed by atoms with Crippen molar-refractivity contribution < 1.29 is 14.3 Å². The van der Waals surface area contributed by atoms with Crippen molar-refractivity contribution in [3.05, 3.63) is 58.6 Å². The number of likely N-dealkylation sites (N-methyl/N-ethyl adjacent to an activating group) is 1. The van der Waals surface area contributed by atoms with E-state index in [0.717, 1.165) is 5.56 Å². The Balaban J connectivity index is 2.00. The number of nitrogens with zero attached hydrogens (tertiary/aromatic N) is 1. The lowest BCUT2D eigenvalue weighted by atomic mass is 10.1. The summed E-state index contributed by atoms with van der Waals surface area (Å²) in [5.41, 5.74) is 2.15. The highest BCUT2D eigenvalue weighted by Crippen LogP contribution is 2.28. The molecule has 0 saturated carbocycles. The Morgan fingerprint density at radius 3 is 2.46 bits per heavy atom. The van der Waals surface area contributed by atoms with Gasteiger partial charge in [0.1, 0.15) is 5.75 Å². The maximum atomic E-state index is 12.3. The van der Waals surface area contributed by atoms with Gasteiger partial charge < -0.3 is 15.0 Å². The van der Waals surface area contributed by atoms with E-state index < -0.39 is 0 Å². The van der Waals surface area contributed by atoms with E-state index in [4.69, 9.17) is 16.3 Å². The number of ether oxygens (including phenoxy) is 1. The number of hydrogen-bond acceptors (Lipinski definition) is 3. The summed E-state index contributed by atoms with van der Waals surface area (Å²) < 4.78 is 5.51. The van der Waals surface area contributed by atoms with Gasteiger partial charge in [-0.25, -0.2) is 0 Å². The largest absolute Gasteiger partial charge is 0.482 e. The molecule has 0 aliphatic rings. The summed E-state index contributed by atoms with van der Waals surface area (Å²) in [5.74, 6) is 0.0961. The van der Waals surface area contributed by atoms with Gasteiger partial charge >= 0.3 is 0 Å². The van der Waals surface area contributed by atoms with Gasteiger partial charge in [0.2, 0.25) is 0 Å². The molecule has 0 unspecified atom stereocenters. The first-order valence-electron chi connectivity index (χ1n) is 8.52. The molecule has 0 radical (unpaired) electrons. The third kappa shape index (κ3) is 5.23. The molecule has 0 heterocycles. The Kier molecular flexibility index (Phi) is 7.04. The number of carbonyl (C=O) groups excluding carboxylic acids is 2. The Morgan fingerprint density at radius 1 is 1.12 bits per heavy atom. The smallest absolute Gasteiger partial charge is 0.260 e. The van der Waals surface area contributed by atoms with Crippen molar-refractivity contribution in [2.45, 2.75) is 20.8 Å². The molecule has 2 rings (SSSR count). The monoisotopic (exact) mass is 374 g/mol. The van der Waals surface area contributed by atoms with Crippen molar-refractivity contribution in [1.29, 1.82) is 0 Å². The van der Waals surface area contributed by atoms with Gasteiger partial charge in [0.15, 0.2) is 6.61 Å². The van der Waals surface area contributed by atoms with Crippen molar-refractivity contribution in [2.24, 2.45) is 0 Å². The molecular weight excluding hydrogens is 352 g/mol. The molecule has 0 atom stereocenters. The van der Waals surface area contributed by atoms with Crippen LogP contribution in [0.1, 0.15) is 29.8 Å². The second-order valence-electron chi connectivity index (χ2n) is 5.82. The summed E-state index contributed by atoms with van der Waals surface area (Å²) in [4.78, 5) is 26.0. The minimum Gasteiger partial charge on any atom is -0.482 e. The lowest BCUT2D eigenvalue weighted by Gasteiger charge is -2.19. The molecule has 0 spiro atoms. The average molecular weight is 375 g/mol.